The van der Waals surface area contributed by atoms with Crippen LogP contribution in [0.3, 0.4) is 0 Å². The van der Waals surface area contributed by atoms with Crippen LogP contribution in [0.25, 0.3) is 0 Å². The first-order valence-corrected chi connectivity index (χ1v) is 27.2. The van der Waals surface area contributed by atoms with Gasteiger partial charge < -0.3 is 20.3 Å². The number of hydrogen-bond donors (Lipinski definition) is 3. The third kappa shape index (κ3) is 45.9. The standard InChI is InChI=1S/C58H103NO5/c1-4-7-10-13-16-19-21-23-25-27-28-30-32-34-36-39-42-45-48-51-58(63)64-54(49-46-43-40-38-35-33-31-29-26-24-22-20-17-14-11-8-5-2)52-57(62)59-55(53-60)56(61)50-47-44-41-37-18-15-12-9-6-3/h7,10,16,19,23-26,28,30,34,36,54-56,60-61H,4-6,8-9,11-15,17-18,20-22,27,29,31-33,35,37-53H2,1-3H3,(H,59,62)/b10-7-,19-16-,25-23-,26-24+,30-28-,36-34-. The molecule has 1 amide bonds. The lowest BCUT2D eigenvalue weighted by Gasteiger charge is -2.24. The van der Waals surface area contributed by atoms with Gasteiger partial charge in [-0.25, -0.2) is 0 Å². The highest BCUT2D eigenvalue weighted by atomic mass is 16.5. The van der Waals surface area contributed by atoms with Crippen LogP contribution >= 0.6 is 0 Å². The lowest BCUT2D eigenvalue weighted by atomic mass is 10.0. The minimum absolute atomic E-state index is 0.0590. The minimum Gasteiger partial charge on any atom is -0.462 e. The molecule has 3 atom stereocenters. The molecule has 6 heteroatoms. The van der Waals surface area contributed by atoms with E-state index < -0.39 is 18.2 Å². The third-order valence-corrected chi connectivity index (χ3v) is 12.0. The predicted octanol–water partition coefficient (Wildman–Crippen LogP) is 16.6. The SMILES string of the molecule is CC/C=C\C/C=C\C/C=C\C/C=C\C/C=C\CCCCCC(=O)OC(CCCCCCCCC/C=C/CCCCCCCC)CC(=O)NC(CO)C(O)CCCCCCCCCCC. The van der Waals surface area contributed by atoms with E-state index in [4.69, 9.17) is 4.74 Å². The van der Waals surface area contributed by atoms with Crippen LogP contribution in [0, 0.1) is 0 Å². The summed E-state index contributed by atoms with van der Waals surface area (Å²) in [5.74, 6) is -0.515. The van der Waals surface area contributed by atoms with Gasteiger partial charge in [0, 0.05) is 6.42 Å². The normalized spacial score (nSPS) is 13.8. The summed E-state index contributed by atoms with van der Waals surface area (Å²) >= 11 is 0. The minimum atomic E-state index is -0.796. The van der Waals surface area contributed by atoms with Crippen molar-refractivity contribution in [3.8, 4) is 0 Å². The van der Waals surface area contributed by atoms with Crippen molar-refractivity contribution < 1.29 is 24.5 Å². The van der Waals surface area contributed by atoms with Crippen molar-refractivity contribution in [2.24, 2.45) is 0 Å². The van der Waals surface area contributed by atoms with E-state index in [1.807, 2.05) is 0 Å². The van der Waals surface area contributed by atoms with Gasteiger partial charge in [0.2, 0.25) is 5.91 Å². The molecule has 0 aliphatic heterocycles. The van der Waals surface area contributed by atoms with Gasteiger partial charge in [-0.1, -0.05) is 222 Å². The Bertz CT molecular complexity index is 1190. The molecule has 0 aromatic rings. The number of carbonyl (C=O) groups is 2. The average Bonchev–Trinajstić information content (AvgIpc) is 3.29. The number of carbonyl (C=O) groups excluding carboxylic acids is 2. The molecule has 0 aromatic carbocycles. The third-order valence-electron chi connectivity index (χ3n) is 12.0. The number of aliphatic hydroxyl groups is 2. The largest absolute Gasteiger partial charge is 0.462 e. The first-order chi connectivity index (χ1) is 31.5. The maximum atomic E-state index is 13.2. The fourth-order valence-electron chi connectivity index (χ4n) is 7.92. The first kappa shape index (κ1) is 61.3. The molecule has 0 saturated heterocycles. The number of esters is 1. The molecule has 0 fully saturated rings. The van der Waals surface area contributed by atoms with E-state index in [2.05, 4.69) is 99.0 Å². The average molecular weight is 894 g/mol. The summed E-state index contributed by atoms with van der Waals surface area (Å²) in [5, 5.41) is 23.7. The first-order valence-electron chi connectivity index (χ1n) is 27.2. The highest BCUT2D eigenvalue weighted by Gasteiger charge is 2.24. The number of aliphatic hydroxyl groups excluding tert-OH is 2. The Morgan fingerprint density at radius 2 is 0.844 bits per heavy atom. The molecule has 0 rings (SSSR count). The molecule has 6 nitrogen and oxygen atoms in total. The van der Waals surface area contributed by atoms with Crippen LogP contribution in [0.15, 0.2) is 72.9 Å². The predicted molar refractivity (Wildman–Crippen MR) is 278 cm³/mol. The van der Waals surface area contributed by atoms with E-state index in [1.54, 1.807) is 0 Å². The molecule has 0 spiro atoms. The monoisotopic (exact) mass is 894 g/mol. The zero-order valence-electron chi connectivity index (χ0n) is 42.1. The molecule has 0 aliphatic rings. The fraction of sp³-hybridized carbons (Fsp3) is 0.759. The van der Waals surface area contributed by atoms with E-state index in [0.717, 1.165) is 96.3 Å². The number of unbranched alkanes of at least 4 members (excludes halogenated alkanes) is 24. The maximum Gasteiger partial charge on any atom is 0.306 e. The summed E-state index contributed by atoms with van der Waals surface area (Å²) in [6.07, 6.45) is 65.4. The van der Waals surface area contributed by atoms with Gasteiger partial charge in [0.1, 0.15) is 6.10 Å². The van der Waals surface area contributed by atoms with Crippen molar-refractivity contribution in [3.63, 3.8) is 0 Å². The van der Waals surface area contributed by atoms with Crippen LogP contribution in [0.5, 0.6) is 0 Å². The second-order valence-electron chi connectivity index (χ2n) is 18.2. The van der Waals surface area contributed by atoms with Gasteiger partial charge in [0.25, 0.3) is 0 Å². The fourth-order valence-corrected chi connectivity index (χ4v) is 7.92. The Labute approximate surface area is 396 Å². The molecule has 370 valence electrons. The Kier molecular flexibility index (Phi) is 49.1. The van der Waals surface area contributed by atoms with Crippen LogP contribution in [0.1, 0.15) is 258 Å². The van der Waals surface area contributed by atoms with Crippen molar-refractivity contribution in [1.29, 1.82) is 0 Å². The molecule has 0 heterocycles. The summed E-state index contributed by atoms with van der Waals surface area (Å²) in [7, 11) is 0. The van der Waals surface area contributed by atoms with Gasteiger partial charge in [0.05, 0.1) is 25.2 Å². The van der Waals surface area contributed by atoms with E-state index in [9.17, 15) is 19.8 Å². The van der Waals surface area contributed by atoms with Gasteiger partial charge in [-0.3, -0.25) is 9.59 Å². The Hall–Kier alpha value is -2.70. The summed E-state index contributed by atoms with van der Waals surface area (Å²) in [4.78, 5) is 26.2. The molecule has 3 unspecified atom stereocenters. The highest BCUT2D eigenvalue weighted by Crippen LogP contribution is 2.18. The van der Waals surface area contributed by atoms with Crippen LogP contribution in [0.4, 0.5) is 0 Å². The molecule has 0 aromatic heterocycles. The quantitative estimate of drug-likeness (QED) is 0.0321. The Morgan fingerprint density at radius 1 is 0.469 bits per heavy atom. The maximum absolute atomic E-state index is 13.2. The molecule has 3 N–H and O–H groups in total. The van der Waals surface area contributed by atoms with Crippen molar-refractivity contribution in [3.05, 3.63) is 72.9 Å². The van der Waals surface area contributed by atoms with E-state index in [-0.39, 0.29) is 24.9 Å². The zero-order chi connectivity index (χ0) is 46.7. The van der Waals surface area contributed by atoms with Crippen LogP contribution in [-0.4, -0.2) is 46.9 Å². The molecule has 0 saturated carbocycles. The lowest BCUT2D eigenvalue weighted by Crippen LogP contribution is -2.46. The van der Waals surface area contributed by atoms with Gasteiger partial charge >= 0.3 is 5.97 Å². The van der Waals surface area contributed by atoms with E-state index in [0.29, 0.717) is 19.3 Å². The molecule has 0 bridgehead atoms. The van der Waals surface area contributed by atoms with Gasteiger partial charge in [-0.05, 0) is 96.3 Å². The smallest absolute Gasteiger partial charge is 0.306 e. The topological polar surface area (TPSA) is 95.9 Å². The van der Waals surface area contributed by atoms with Crippen molar-refractivity contribution in [1.82, 2.24) is 5.32 Å². The van der Waals surface area contributed by atoms with Gasteiger partial charge in [-0.2, -0.15) is 0 Å². The highest BCUT2D eigenvalue weighted by molar-refractivity contribution is 5.77. The van der Waals surface area contributed by atoms with Crippen LogP contribution < -0.4 is 5.32 Å². The molecular weight excluding hydrogens is 791 g/mol. The number of hydrogen-bond acceptors (Lipinski definition) is 5. The number of amides is 1. The van der Waals surface area contributed by atoms with Crippen LogP contribution in [-0.2, 0) is 14.3 Å². The number of nitrogens with one attached hydrogen (secondary N) is 1. The Morgan fingerprint density at radius 3 is 1.30 bits per heavy atom. The number of allylic oxidation sites excluding steroid dienone is 12. The van der Waals surface area contributed by atoms with E-state index in [1.165, 1.54) is 116 Å². The molecular formula is C58H103NO5. The van der Waals surface area contributed by atoms with Crippen LogP contribution in [0.2, 0.25) is 0 Å². The Balaban J connectivity index is 4.63. The molecule has 0 aliphatic carbocycles. The second kappa shape index (κ2) is 51.3. The van der Waals surface area contributed by atoms with Gasteiger partial charge in [0.15, 0.2) is 0 Å². The zero-order valence-corrected chi connectivity index (χ0v) is 42.1. The van der Waals surface area contributed by atoms with Crippen molar-refractivity contribution >= 4 is 11.9 Å². The van der Waals surface area contributed by atoms with Gasteiger partial charge in [-0.15, -0.1) is 0 Å². The summed E-state index contributed by atoms with van der Waals surface area (Å²) in [6, 6.07) is -0.711. The molecule has 64 heavy (non-hydrogen) atoms. The summed E-state index contributed by atoms with van der Waals surface area (Å²) < 4.78 is 5.93. The van der Waals surface area contributed by atoms with E-state index >= 15 is 0 Å². The second-order valence-corrected chi connectivity index (χ2v) is 18.2. The number of ether oxygens (including phenoxy) is 1. The van der Waals surface area contributed by atoms with Crippen molar-refractivity contribution in [2.45, 2.75) is 277 Å². The number of rotatable bonds is 48. The lowest BCUT2D eigenvalue weighted by molar-refractivity contribution is -0.151. The summed E-state index contributed by atoms with van der Waals surface area (Å²) in [6.45, 7) is 6.35. The molecule has 0 radical (unpaired) electrons. The summed E-state index contributed by atoms with van der Waals surface area (Å²) in [5.41, 5.74) is 0. The van der Waals surface area contributed by atoms with Crippen molar-refractivity contribution in [2.75, 3.05) is 6.61 Å².